The second-order valence-electron chi connectivity index (χ2n) is 6.98. The summed E-state index contributed by atoms with van der Waals surface area (Å²) in [6.45, 7) is 2.96. The normalized spacial score (nSPS) is 11.4. The first-order chi connectivity index (χ1) is 14.7. The molecule has 10 heteroatoms. The summed E-state index contributed by atoms with van der Waals surface area (Å²) in [5.41, 5.74) is 1.40. The number of nitrogens with zero attached hydrogens (tertiary/aromatic N) is 3. The molecule has 2 aromatic carbocycles. The Kier molecular flexibility index (Phi) is 6.97. The molecule has 0 unspecified atom stereocenters. The molecule has 0 aliphatic rings. The highest BCUT2D eigenvalue weighted by atomic mass is 35.5. The van der Waals surface area contributed by atoms with Crippen LogP contribution in [0.3, 0.4) is 0 Å². The van der Waals surface area contributed by atoms with Gasteiger partial charge in [0.2, 0.25) is 0 Å². The molecule has 7 nitrogen and oxygen atoms in total. The monoisotopic (exact) mass is 464 g/mol. The molecule has 0 aliphatic heterocycles. The van der Waals surface area contributed by atoms with E-state index in [-0.39, 0.29) is 21.2 Å². The smallest absolute Gasteiger partial charge is 0.264 e. The lowest BCUT2D eigenvalue weighted by Gasteiger charge is -2.20. The number of benzene rings is 2. The zero-order valence-corrected chi connectivity index (χ0v) is 18.6. The molecule has 0 spiro atoms. The third-order valence-electron chi connectivity index (χ3n) is 4.64. The number of sulfonamides is 1. The van der Waals surface area contributed by atoms with Crippen LogP contribution in [0.25, 0.3) is 0 Å². The van der Waals surface area contributed by atoms with Crippen molar-refractivity contribution in [2.75, 3.05) is 17.9 Å². The number of carbonyl (C=O) groups excluding carboxylic acids is 1. The van der Waals surface area contributed by atoms with E-state index in [4.69, 9.17) is 11.6 Å². The fraction of sp³-hybridized carbons (Fsp3) is 0.238. The summed E-state index contributed by atoms with van der Waals surface area (Å²) in [6, 6.07) is 9.00. The summed E-state index contributed by atoms with van der Waals surface area (Å²) < 4.78 is 41.9. The van der Waals surface area contributed by atoms with Gasteiger partial charge in [-0.2, -0.15) is 5.10 Å². The van der Waals surface area contributed by atoms with Crippen LogP contribution in [0.1, 0.15) is 22.3 Å². The van der Waals surface area contributed by atoms with Crippen LogP contribution in [0.5, 0.6) is 0 Å². The Morgan fingerprint density at radius 1 is 1.23 bits per heavy atom. The van der Waals surface area contributed by atoms with Gasteiger partial charge in [0.1, 0.15) is 5.82 Å². The van der Waals surface area contributed by atoms with Gasteiger partial charge in [-0.3, -0.25) is 13.8 Å². The minimum atomic E-state index is -3.98. The number of rotatable bonds is 8. The maximum atomic E-state index is 13.1. The third-order valence-corrected chi connectivity index (χ3v) is 6.75. The summed E-state index contributed by atoms with van der Waals surface area (Å²) in [5.74, 6) is -0.939. The van der Waals surface area contributed by atoms with Crippen molar-refractivity contribution >= 4 is 33.2 Å². The fourth-order valence-electron chi connectivity index (χ4n) is 2.91. The number of aryl methyl sites for hydroxylation is 2. The van der Waals surface area contributed by atoms with E-state index in [1.807, 2.05) is 13.1 Å². The Balaban J connectivity index is 1.71. The van der Waals surface area contributed by atoms with Gasteiger partial charge in [0.25, 0.3) is 15.9 Å². The molecule has 0 atom stereocenters. The van der Waals surface area contributed by atoms with Gasteiger partial charge in [-0.15, -0.1) is 0 Å². The maximum absolute atomic E-state index is 13.1. The predicted octanol–water partition coefficient (Wildman–Crippen LogP) is 3.63. The Morgan fingerprint density at radius 2 is 1.94 bits per heavy atom. The van der Waals surface area contributed by atoms with Gasteiger partial charge >= 0.3 is 0 Å². The van der Waals surface area contributed by atoms with E-state index in [2.05, 4.69) is 10.4 Å². The quantitative estimate of drug-likeness (QED) is 0.516. The van der Waals surface area contributed by atoms with E-state index in [0.717, 1.165) is 9.87 Å². The van der Waals surface area contributed by atoms with E-state index < -0.39 is 21.7 Å². The first kappa shape index (κ1) is 22.8. The van der Waals surface area contributed by atoms with Crippen molar-refractivity contribution in [1.29, 1.82) is 0 Å². The zero-order valence-electron chi connectivity index (χ0n) is 17.0. The van der Waals surface area contributed by atoms with Gasteiger partial charge in [0, 0.05) is 26.3 Å². The van der Waals surface area contributed by atoms with Gasteiger partial charge < -0.3 is 5.32 Å². The molecular weight excluding hydrogens is 443 g/mol. The van der Waals surface area contributed by atoms with E-state index in [1.54, 1.807) is 10.9 Å². The lowest BCUT2D eigenvalue weighted by molar-refractivity contribution is 0.0952. The average molecular weight is 465 g/mol. The molecule has 3 aromatic rings. The third kappa shape index (κ3) is 5.42. The number of amides is 1. The lowest BCUT2D eigenvalue weighted by Crippen LogP contribution is -2.28. The number of carbonyl (C=O) groups is 1. The molecular formula is C21H22ClFN4O3S. The first-order valence-electron chi connectivity index (χ1n) is 9.50. The van der Waals surface area contributed by atoms with Gasteiger partial charge in [-0.05, 0) is 61.4 Å². The number of aromatic nitrogens is 2. The van der Waals surface area contributed by atoms with Crippen LogP contribution in [0.4, 0.5) is 10.1 Å². The van der Waals surface area contributed by atoms with Crippen LogP contribution in [-0.2, 0) is 16.6 Å². The zero-order chi connectivity index (χ0) is 22.6. The number of anilines is 1. The SMILES string of the molecule is Cc1cnn(CCCNC(=O)c2cc(S(=O)(=O)N(C)c3ccc(F)cc3)ccc2Cl)c1. The highest BCUT2D eigenvalue weighted by molar-refractivity contribution is 7.92. The molecule has 1 amide bonds. The standard InChI is InChI=1S/C21H22ClFN4O3S/c1-15-13-25-27(14-15)11-3-10-24-21(28)19-12-18(8-9-20(19)22)31(29,30)26(2)17-6-4-16(23)5-7-17/h4-9,12-14H,3,10-11H2,1-2H3,(H,24,28). The van der Waals surface area contributed by atoms with Crippen LogP contribution < -0.4 is 9.62 Å². The Morgan fingerprint density at radius 3 is 2.58 bits per heavy atom. The second kappa shape index (κ2) is 9.49. The molecule has 1 N–H and O–H groups in total. The minimum Gasteiger partial charge on any atom is -0.352 e. The van der Waals surface area contributed by atoms with E-state index in [0.29, 0.717) is 19.5 Å². The molecule has 0 bridgehead atoms. The molecule has 164 valence electrons. The molecule has 0 saturated carbocycles. The molecule has 0 saturated heterocycles. The van der Waals surface area contributed by atoms with Gasteiger partial charge in [0.15, 0.2) is 0 Å². The Bertz CT molecular complexity index is 1180. The van der Waals surface area contributed by atoms with Crippen molar-refractivity contribution in [2.24, 2.45) is 0 Å². The second-order valence-corrected chi connectivity index (χ2v) is 9.36. The van der Waals surface area contributed by atoms with Crippen molar-refractivity contribution in [3.63, 3.8) is 0 Å². The van der Waals surface area contributed by atoms with Crippen LogP contribution in [0.15, 0.2) is 59.8 Å². The van der Waals surface area contributed by atoms with Gasteiger partial charge in [-0.25, -0.2) is 12.8 Å². The maximum Gasteiger partial charge on any atom is 0.264 e. The minimum absolute atomic E-state index is 0.0604. The Hall–Kier alpha value is -2.91. The molecule has 0 aliphatic carbocycles. The molecule has 0 fully saturated rings. The molecule has 1 aromatic heterocycles. The highest BCUT2D eigenvalue weighted by Crippen LogP contribution is 2.26. The number of hydrogen-bond donors (Lipinski definition) is 1. The topological polar surface area (TPSA) is 84.3 Å². The number of nitrogens with one attached hydrogen (secondary N) is 1. The van der Waals surface area contributed by atoms with Crippen LogP contribution >= 0.6 is 11.6 Å². The van der Waals surface area contributed by atoms with Crippen molar-refractivity contribution in [3.8, 4) is 0 Å². The number of halogens is 2. The number of hydrogen-bond acceptors (Lipinski definition) is 4. The van der Waals surface area contributed by atoms with E-state index in [1.165, 1.54) is 49.5 Å². The summed E-state index contributed by atoms with van der Waals surface area (Å²) in [5, 5.41) is 7.07. The van der Waals surface area contributed by atoms with Crippen LogP contribution in [-0.4, -0.2) is 37.7 Å². The molecule has 31 heavy (non-hydrogen) atoms. The average Bonchev–Trinajstić information content (AvgIpc) is 3.16. The van der Waals surface area contributed by atoms with Crippen LogP contribution in [0.2, 0.25) is 5.02 Å². The Labute approximate surface area is 185 Å². The summed E-state index contributed by atoms with van der Waals surface area (Å²) in [7, 11) is -2.62. The fourth-order valence-corrected chi connectivity index (χ4v) is 4.34. The largest absolute Gasteiger partial charge is 0.352 e. The summed E-state index contributed by atoms with van der Waals surface area (Å²) >= 11 is 6.14. The van der Waals surface area contributed by atoms with Crippen molar-refractivity contribution in [2.45, 2.75) is 24.8 Å². The first-order valence-corrected chi connectivity index (χ1v) is 11.3. The summed E-state index contributed by atoms with van der Waals surface area (Å²) in [4.78, 5) is 12.5. The van der Waals surface area contributed by atoms with Crippen LogP contribution in [0, 0.1) is 12.7 Å². The van der Waals surface area contributed by atoms with E-state index >= 15 is 0 Å². The van der Waals surface area contributed by atoms with Gasteiger partial charge in [0.05, 0.1) is 27.4 Å². The van der Waals surface area contributed by atoms with Gasteiger partial charge in [-0.1, -0.05) is 11.6 Å². The molecule has 3 rings (SSSR count). The van der Waals surface area contributed by atoms with Crippen molar-refractivity contribution in [3.05, 3.63) is 76.8 Å². The highest BCUT2D eigenvalue weighted by Gasteiger charge is 2.23. The predicted molar refractivity (Wildman–Crippen MR) is 117 cm³/mol. The van der Waals surface area contributed by atoms with Crippen molar-refractivity contribution in [1.82, 2.24) is 15.1 Å². The van der Waals surface area contributed by atoms with Crippen molar-refractivity contribution < 1.29 is 17.6 Å². The lowest BCUT2D eigenvalue weighted by atomic mass is 10.2. The van der Waals surface area contributed by atoms with E-state index in [9.17, 15) is 17.6 Å². The molecule has 0 radical (unpaired) electrons. The molecule has 1 heterocycles. The summed E-state index contributed by atoms with van der Waals surface area (Å²) in [6.07, 6.45) is 4.31.